The van der Waals surface area contributed by atoms with Crippen LogP contribution in [0.2, 0.25) is 5.02 Å². The van der Waals surface area contributed by atoms with E-state index in [1.165, 1.54) is 17.0 Å². The van der Waals surface area contributed by atoms with Gasteiger partial charge >= 0.3 is 0 Å². The SMILES string of the molecule is CCCNC(=O)C(C)N(Cc1ccc(Cl)cc1)C(=O)Cc1ccc(F)cc1. The summed E-state index contributed by atoms with van der Waals surface area (Å²) in [4.78, 5) is 26.9. The number of benzene rings is 2. The Morgan fingerprint density at radius 2 is 1.67 bits per heavy atom. The molecule has 1 unspecified atom stereocenters. The Kier molecular flexibility index (Phi) is 7.80. The average Bonchev–Trinajstić information content (AvgIpc) is 2.66. The van der Waals surface area contributed by atoms with E-state index in [0.29, 0.717) is 17.1 Å². The van der Waals surface area contributed by atoms with Crippen LogP contribution in [0.1, 0.15) is 31.4 Å². The topological polar surface area (TPSA) is 49.4 Å². The fourth-order valence-corrected chi connectivity index (χ4v) is 2.77. The predicted octanol–water partition coefficient (Wildman–Crippen LogP) is 3.97. The molecule has 27 heavy (non-hydrogen) atoms. The Labute approximate surface area is 164 Å². The third-order valence-corrected chi connectivity index (χ3v) is 4.50. The maximum absolute atomic E-state index is 13.1. The molecule has 0 aliphatic heterocycles. The van der Waals surface area contributed by atoms with Crippen molar-refractivity contribution < 1.29 is 14.0 Å². The Bertz CT molecular complexity index is 763. The molecule has 2 aromatic carbocycles. The minimum Gasteiger partial charge on any atom is -0.354 e. The molecule has 0 bridgehead atoms. The molecule has 0 fully saturated rings. The average molecular weight is 391 g/mol. The van der Waals surface area contributed by atoms with Crippen molar-refractivity contribution in [3.8, 4) is 0 Å². The van der Waals surface area contributed by atoms with Crippen molar-refractivity contribution in [3.05, 3.63) is 70.5 Å². The first-order valence-corrected chi connectivity index (χ1v) is 9.34. The molecule has 0 saturated carbocycles. The van der Waals surface area contributed by atoms with E-state index in [1.54, 1.807) is 31.2 Å². The van der Waals surface area contributed by atoms with Crippen LogP contribution in [-0.4, -0.2) is 29.3 Å². The number of carbonyl (C=O) groups is 2. The van der Waals surface area contributed by atoms with Crippen LogP contribution in [0.15, 0.2) is 48.5 Å². The van der Waals surface area contributed by atoms with Crippen LogP contribution in [0, 0.1) is 5.82 Å². The molecule has 4 nitrogen and oxygen atoms in total. The summed E-state index contributed by atoms with van der Waals surface area (Å²) < 4.78 is 13.1. The van der Waals surface area contributed by atoms with Gasteiger partial charge in [0.2, 0.25) is 11.8 Å². The summed E-state index contributed by atoms with van der Waals surface area (Å²) >= 11 is 5.93. The van der Waals surface area contributed by atoms with Gasteiger partial charge in [-0.3, -0.25) is 9.59 Å². The highest BCUT2D eigenvalue weighted by Gasteiger charge is 2.26. The van der Waals surface area contributed by atoms with Crippen molar-refractivity contribution in [2.45, 2.75) is 39.3 Å². The van der Waals surface area contributed by atoms with Gasteiger partial charge in [-0.25, -0.2) is 4.39 Å². The Hall–Kier alpha value is -2.40. The monoisotopic (exact) mass is 390 g/mol. The molecule has 2 aromatic rings. The lowest BCUT2D eigenvalue weighted by molar-refractivity contribution is -0.140. The highest BCUT2D eigenvalue weighted by atomic mass is 35.5. The number of hydrogen-bond acceptors (Lipinski definition) is 2. The van der Waals surface area contributed by atoms with E-state index in [-0.39, 0.29) is 30.6 Å². The minimum atomic E-state index is -0.625. The predicted molar refractivity (Wildman–Crippen MR) is 105 cm³/mol. The largest absolute Gasteiger partial charge is 0.354 e. The minimum absolute atomic E-state index is 0.0965. The quantitative estimate of drug-likeness (QED) is 0.741. The fourth-order valence-electron chi connectivity index (χ4n) is 2.64. The van der Waals surface area contributed by atoms with Gasteiger partial charge in [-0.15, -0.1) is 0 Å². The summed E-state index contributed by atoms with van der Waals surface area (Å²) in [6.45, 7) is 4.53. The van der Waals surface area contributed by atoms with E-state index in [0.717, 1.165) is 12.0 Å². The Balaban J connectivity index is 2.18. The molecule has 0 aromatic heterocycles. The van der Waals surface area contributed by atoms with E-state index in [1.807, 2.05) is 19.1 Å². The second-order valence-corrected chi connectivity index (χ2v) is 6.85. The molecule has 0 heterocycles. The maximum Gasteiger partial charge on any atom is 0.242 e. The molecule has 0 saturated heterocycles. The smallest absolute Gasteiger partial charge is 0.242 e. The number of hydrogen-bond donors (Lipinski definition) is 1. The molecule has 1 N–H and O–H groups in total. The molecular formula is C21H24ClFN2O2. The van der Waals surface area contributed by atoms with Crippen molar-refractivity contribution in [1.82, 2.24) is 10.2 Å². The first-order valence-electron chi connectivity index (χ1n) is 8.96. The number of amides is 2. The molecule has 0 aliphatic carbocycles. The first kappa shape index (κ1) is 20.9. The molecule has 0 aliphatic rings. The number of nitrogens with zero attached hydrogens (tertiary/aromatic N) is 1. The van der Waals surface area contributed by atoms with Gasteiger partial charge in [-0.1, -0.05) is 42.8 Å². The third-order valence-electron chi connectivity index (χ3n) is 4.25. The van der Waals surface area contributed by atoms with Crippen molar-refractivity contribution in [3.63, 3.8) is 0 Å². The van der Waals surface area contributed by atoms with Crippen molar-refractivity contribution in [2.75, 3.05) is 6.54 Å². The van der Waals surface area contributed by atoms with Crippen LogP contribution >= 0.6 is 11.6 Å². The second-order valence-electron chi connectivity index (χ2n) is 6.42. The molecule has 144 valence electrons. The van der Waals surface area contributed by atoms with E-state index in [9.17, 15) is 14.0 Å². The summed E-state index contributed by atoms with van der Waals surface area (Å²) in [6.07, 6.45) is 0.915. The molecule has 0 spiro atoms. The highest BCUT2D eigenvalue weighted by Crippen LogP contribution is 2.15. The van der Waals surface area contributed by atoms with Gasteiger partial charge < -0.3 is 10.2 Å². The van der Waals surface area contributed by atoms with Crippen molar-refractivity contribution in [1.29, 1.82) is 0 Å². The van der Waals surface area contributed by atoms with Crippen molar-refractivity contribution >= 4 is 23.4 Å². The summed E-state index contributed by atoms with van der Waals surface area (Å²) in [5.41, 5.74) is 1.57. The number of halogens is 2. The van der Waals surface area contributed by atoms with E-state index in [2.05, 4.69) is 5.32 Å². The molecule has 2 rings (SSSR count). The van der Waals surface area contributed by atoms with E-state index >= 15 is 0 Å². The first-order chi connectivity index (χ1) is 12.9. The van der Waals surface area contributed by atoms with Gasteiger partial charge in [0, 0.05) is 18.1 Å². The van der Waals surface area contributed by atoms with Crippen LogP contribution in [0.5, 0.6) is 0 Å². The van der Waals surface area contributed by atoms with Crippen molar-refractivity contribution in [2.24, 2.45) is 0 Å². The van der Waals surface area contributed by atoms with Crippen LogP contribution in [0.25, 0.3) is 0 Å². The molecule has 1 atom stereocenters. The zero-order valence-electron chi connectivity index (χ0n) is 15.5. The van der Waals surface area contributed by atoms with E-state index in [4.69, 9.17) is 11.6 Å². The van der Waals surface area contributed by atoms with Crippen LogP contribution in [-0.2, 0) is 22.6 Å². The lowest BCUT2D eigenvalue weighted by atomic mass is 10.1. The summed E-state index contributed by atoms with van der Waals surface area (Å²) in [6, 6.07) is 12.3. The van der Waals surface area contributed by atoms with Crippen LogP contribution < -0.4 is 5.32 Å². The number of nitrogens with one attached hydrogen (secondary N) is 1. The molecule has 6 heteroatoms. The van der Waals surface area contributed by atoms with Crippen LogP contribution in [0.4, 0.5) is 4.39 Å². The maximum atomic E-state index is 13.1. The summed E-state index contributed by atoms with van der Waals surface area (Å²) in [5, 5.41) is 3.44. The standard InChI is InChI=1S/C21H24ClFN2O2/c1-3-12-24-21(27)15(2)25(14-17-4-8-18(22)9-5-17)20(26)13-16-6-10-19(23)11-7-16/h4-11,15H,3,12-14H2,1-2H3,(H,24,27). The number of carbonyl (C=O) groups excluding carboxylic acids is 2. The van der Waals surface area contributed by atoms with Gasteiger partial charge in [-0.2, -0.15) is 0 Å². The fraction of sp³-hybridized carbons (Fsp3) is 0.333. The van der Waals surface area contributed by atoms with Gasteiger partial charge in [-0.05, 0) is 48.7 Å². The highest BCUT2D eigenvalue weighted by molar-refractivity contribution is 6.30. The molecule has 2 amide bonds. The zero-order valence-corrected chi connectivity index (χ0v) is 16.3. The third kappa shape index (κ3) is 6.36. The number of rotatable bonds is 8. The summed E-state index contributed by atoms with van der Waals surface area (Å²) in [5.74, 6) is -0.745. The second kappa shape index (κ2) is 10.1. The molecular weight excluding hydrogens is 367 g/mol. The summed E-state index contributed by atoms with van der Waals surface area (Å²) in [7, 11) is 0. The zero-order chi connectivity index (χ0) is 19.8. The van der Waals surface area contributed by atoms with E-state index < -0.39 is 6.04 Å². The normalized spacial score (nSPS) is 11.7. The van der Waals surface area contributed by atoms with Gasteiger partial charge in [0.15, 0.2) is 0 Å². The van der Waals surface area contributed by atoms with Crippen LogP contribution in [0.3, 0.4) is 0 Å². The van der Waals surface area contributed by atoms with Gasteiger partial charge in [0.25, 0.3) is 0 Å². The lowest BCUT2D eigenvalue weighted by Gasteiger charge is -2.29. The Morgan fingerprint density at radius 1 is 1.07 bits per heavy atom. The lowest BCUT2D eigenvalue weighted by Crippen LogP contribution is -2.48. The Morgan fingerprint density at radius 3 is 2.26 bits per heavy atom. The van der Waals surface area contributed by atoms with Gasteiger partial charge in [0.1, 0.15) is 11.9 Å². The van der Waals surface area contributed by atoms with Gasteiger partial charge in [0.05, 0.1) is 6.42 Å². The molecule has 0 radical (unpaired) electrons.